The van der Waals surface area contributed by atoms with Crippen LogP contribution in [-0.2, 0) is 4.74 Å². The van der Waals surface area contributed by atoms with E-state index in [0.29, 0.717) is 6.04 Å². The molecule has 0 aliphatic heterocycles. The Bertz CT molecular complexity index is 207. The van der Waals surface area contributed by atoms with Crippen molar-refractivity contribution in [1.29, 1.82) is 0 Å². The zero-order valence-electron chi connectivity index (χ0n) is 12.2. The molecule has 0 heterocycles. The van der Waals surface area contributed by atoms with Crippen molar-refractivity contribution in [3.05, 3.63) is 0 Å². The smallest absolute Gasteiger partial charge is 0.0610 e. The van der Waals surface area contributed by atoms with Gasteiger partial charge in [-0.15, -0.1) is 0 Å². The zero-order valence-corrected chi connectivity index (χ0v) is 12.2. The molecule has 0 aromatic rings. The molecule has 2 N–H and O–H groups in total. The van der Waals surface area contributed by atoms with Crippen LogP contribution < -0.4 is 5.32 Å². The van der Waals surface area contributed by atoms with Crippen LogP contribution in [0.15, 0.2) is 0 Å². The first-order valence-electron chi connectivity index (χ1n) is 7.66. The Kier molecular flexibility index (Phi) is 7.87. The van der Waals surface area contributed by atoms with Gasteiger partial charge in [0.2, 0.25) is 0 Å². The van der Waals surface area contributed by atoms with Crippen molar-refractivity contribution in [3.63, 3.8) is 0 Å². The van der Waals surface area contributed by atoms with E-state index < -0.39 is 0 Å². The van der Waals surface area contributed by atoms with Gasteiger partial charge in [-0.3, -0.25) is 0 Å². The predicted octanol–water partition coefficient (Wildman–Crippen LogP) is 2.87. The molecule has 0 aromatic heterocycles. The Morgan fingerprint density at radius 2 is 1.83 bits per heavy atom. The number of aliphatic hydroxyl groups is 1. The first-order valence-corrected chi connectivity index (χ1v) is 7.66. The van der Waals surface area contributed by atoms with E-state index in [0.717, 1.165) is 32.5 Å². The summed E-state index contributed by atoms with van der Waals surface area (Å²) in [6.45, 7) is 6.36. The average Bonchev–Trinajstić information content (AvgIpc) is 3.16. The van der Waals surface area contributed by atoms with Crippen LogP contribution in [0.25, 0.3) is 0 Å². The van der Waals surface area contributed by atoms with Crippen molar-refractivity contribution < 1.29 is 9.84 Å². The molecular weight excluding hydrogens is 226 g/mol. The third kappa shape index (κ3) is 7.34. The van der Waals surface area contributed by atoms with Gasteiger partial charge in [0.1, 0.15) is 0 Å². The molecule has 0 amide bonds. The highest BCUT2D eigenvalue weighted by Crippen LogP contribution is 2.24. The lowest BCUT2D eigenvalue weighted by Gasteiger charge is -2.29. The summed E-state index contributed by atoms with van der Waals surface area (Å²) in [6, 6.07) is 0.660. The van der Waals surface area contributed by atoms with Crippen molar-refractivity contribution in [2.24, 2.45) is 0 Å². The second-order valence-corrected chi connectivity index (χ2v) is 5.91. The van der Waals surface area contributed by atoms with E-state index in [1.807, 2.05) is 0 Å². The SMILES string of the molecule is CCCCCOCCCCC(C)(CO)NC1CC1. The number of ether oxygens (including phenoxy) is 1. The summed E-state index contributed by atoms with van der Waals surface area (Å²) in [5.41, 5.74) is -0.0800. The van der Waals surface area contributed by atoms with Gasteiger partial charge in [0, 0.05) is 24.8 Å². The third-order valence-corrected chi connectivity index (χ3v) is 3.64. The number of hydrogen-bond donors (Lipinski definition) is 2. The van der Waals surface area contributed by atoms with Crippen molar-refractivity contribution in [2.75, 3.05) is 19.8 Å². The molecule has 0 saturated heterocycles. The van der Waals surface area contributed by atoms with Crippen LogP contribution >= 0.6 is 0 Å². The number of hydrogen-bond acceptors (Lipinski definition) is 3. The molecule has 108 valence electrons. The van der Waals surface area contributed by atoms with Gasteiger partial charge < -0.3 is 15.2 Å². The van der Waals surface area contributed by atoms with Crippen molar-refractivity contribution >= 4 is 0 Å². The van der Waals surface area contributed by atoms with E-state index in [1.54, 1.807) is 0 Å². The molecule has 1 aliphatic rings. The summed E-state index contributed by atoms with van der Waals surface area (Å²) in [4.78, 5) is 0. The maximum Gasteiger partial charge on any atom is 0.0610 e. The highest BCUT2D eigenvalue weighted by atomic mass is 16.5. The third-order valence-electron chi connectivity index (χ3n) is 3.64. The second-order valence-electron chi connectivity index (χ2n) is 5.91. The molecule has 1 atom stereocenters. The van der Waals surface area contributed by atoms with Gasteiger partial charge in [-0.2, -0.15) is 0 Å². The average molecular weight is 257 g/mol. The number of rotatable bonds is 12. The van der Waals surface area contributed by atoms with Gasteiger partial charge in [0.05, 0.1) is 6.61 Å². The Morgan fingerprint density at radius 3 is 2.39 bits per heavy atom. The molecule has 3 nitrogen and oxygen atoms in total. The molecule has 1 aliphatic carbocycles. The molecule has 1 unspecified atom stereocenters. The van der Waals surface area contributed by atoms with Gasteiger partial charge >= 0.3 is 0 Å². The molecular formula is C15H31NO2. The number of nitrogens with one attached hydrogen (secondary N) is 1. The molecule has 0 aromatic carbocycles. The van der Waals surface area contributed by atoms with Gasteiger partial charge in [-0.25, -0.2) is 0 Å². The first-order chi connectivity index (χ1) is 8.70. The van der Waals surface area contributed by atoms with E-state index in [-0.39, 0.29) is 12.1 Å². The fraction of sp³-hybridized carbons (Fsp3) is 1.00. The number of aliphatic hydroxyl groups excluding tert-OH is 1. The summed E-state index contributed by atoms with van der Waals surface area (Å²) in [6.07, 6.45) is 9.54. The van der Waals surface area contributed by atoms with E-state index in [9.17, 15) is 5.11 Å². The van der Waals surface area contributed by atoms with Crippen molar-refractivity contribution in [2.45, 2.75) is 76.8 Å². The second kappa shape index (κ2) is 8.89. The Morgan fingerprint density at radius 1 is 1.17 bits per heavy atom. The maximum absolute atomic E-state index is 9.47. The predicted molar refractivity (Wildman–Crippen MR) is 75.8 cm³/mol. The van der Waals surface area contributed by atoms with E-state index in [4.69, 9.17) is 4.74 Å². The summed E-state index contributed by atoms with van der Waals surface area (Å²) in [5.74, 6) is 0. The van der Waals surface area contributed by atoms with Crippen LogP contribution in [0.3, 0.4) is 0 Å². The van der Waals surface area contributed by atoms with Crippen LogP contribution in [-0.4, -0.2) is 36.5 Å². The van der Waals surface area contributed by atoms with Crippen LogP contribution in [0.5, 0.6) is 0 Å². The Hall–Kier alpha value is -0.120. The molecule has 0 bridgehead atoms. The highest BCUT2D eigenvalue weighted by molar-refractivity contribution is 4.92. The van der Waals surface area contributed by atoms with Gasteiger partial charge in [0.25, 0.3) is 0 Å². The lowest BCUT2D eigenvalue weighted by atomic mass is 9.95. The van der Waals surface area contributed by atoms with E-state index >= 15 is 0 Å². The van der Waals surface area contributed by atoms with Gasteiger partial charge in [-0.05, 0) is 45.4 Å². The van der Waals surface area contributed by atoms with Crippen molar-refractivity contribution in [1.82, 2.24) is 5.32 Å². The van der Waals surface area contributed by atoms with E-state index in [2.05, 4.69) is 19.2 Å². The fourth-order valence-corrected chi connectivity index (χ4v) is 2.19. The highest BCUT2D eigenvalue weighted by Gasteiger charge is 2.31. The molecule has 0 radical (unpaired) electrons. The molecule has 3 heteroatoms. The molecule has 18 heavy (non-hydrogen) atoms. The largest absolute Gasteiger partial charge is 0.394 e. The fourth-order valence-electron chi connectivity index (χ4n) is 2.19. The van der Waals surface area contributed by atoms with Crippen LogP contribution in [0, 0.1) is 0 Å². The molecule has 1 saturated carbocycles. The molecule has 1 fully saturated rings. The topological polar surface area (TPSA) is 41.5 Å². The minimum Gasteiger partial charge on any atom is -0.394 e. The summed E-state index contributed by atoms with van der Waals surface area (Å²) in [7, 11) is 0. The minimum atomic E-state index is -0.0800. The summed E-state index contributed by atoms with van der Waals surface area (Å²) < 4.78 is 5.59. The number of unbranched alkanes of at least 4 members (excludes halogenated alkanes) is 3. The zero-order chi connectivity index (χ0) is 13.3. The van der Waals surface area contributed by atoms with Crippen LogP contribution in [0.1, 0.15) is 65.2 Å². The quantitative estimate of drug-likeness (QED) is 0.528. The lowest BCUT2D eigenvalue weighted by molar-refractivity contribution is 0.118. The standard InChI is InChI=1S/C15H31NO2/c1-3-4-6-11-18-12-7-5-10-15(2,13-17)16-14-8-9-14/h14,16-17H,3-13H2,1-2H3. The maximum atomic E-state index is 9.47. The summed E-state index contributed by atoms with van der Waals surface area (Å²) >= 11 is 0. The van der Waals surface area contributed by atoms with Gasteiger partial charge in [-0.1, -0.05) is 19.8 Å². The lowest BCUT2D eigenvalue weighted by Crippen LogP contribution is -2.46. The van der Waals surface area contributed by atoms with Crippen LogP contribution in [0.4, 0.5) is 0 Å². The van der Waals surface area contributed by atoms with Crippen LogP contribution in [0.2, 0.25) is 0 Å². The Labute approximate surface area is 112 Å². The monoisotopic (exact) mass is 257 g/mol. The van der Waals surface area contributed by atoms with E-state index in [1.165, 1.54) is 32.1 Å². The normalized spacial score (nSPS) is 18.8. The summed E-state index contributed by atoms with van der Waals surface area (Å²) in [5, 5.41) is 13.0. The first kappa shape index (κ1) is 15.9. The van der Waals surface area contributed by atoms with Gasteiger partial charge in [0.15, 0.2) is 0 Å². The molecule has 1 rings (SSSR count). The minimum absolute atomic E-state index is 0.0800. The Balaban J connectivity index is 1.94. The molecule has 0 spiro atoms. The van der Waals surface area contributed by atoms with Crippen molar-refractivity contribution in [3.8, 4) is 0 Å².